The molecule has 4 rings (SSSR count). The molecule has 0 unspecified atom stereocenters. The fraction of sp³-hybridized carbons (Fsp3) is 0.125. The van der Waals surface area contributed by atoms with Gasteiger partial charge < -0.3 is 5.32 Å². The molecule has 0 spiro atoms. The van der Waals surface area contributed by atoms with Crippen molar-refractivity contribution in [2.45, 2.75) is 13.5 Å². The van der Waals surface area contributed by atoms with Crippen molar-refractivity contribution in [1.29, 1.82) is 0 Å². The third-order valence-corrected chi connectivity index (χ3v) is 5.26. The molecule has 0 radical (unpaired) electrons. The molecule has 1 N–H and O–H groups in total. The summed E-state index contributed by atoms with van der Waals surface area (Å²) >= 11 is 13.7. The van der Waals surface area contributed by atoms with Crippen LogP contribution >= 0.6 is 34.5 Å². The molecule has 3 aromatic heterocycles. The number of hydrogen-bond donors (Lipinski definition) is 1. The van der Waals surface area contributed by atoms with Gasteiger partial charge in [0.05, 0.1) is 15.4 Å². The third-order valence-electron chi connectivity index (χ3n) is 3.57. The van der Waals surface area contributed by atoms with Gasteiger partial charge in [0.15, 0.2) is 0 Å². The third kappa shape index (κ3) is 3.30. The number of halogens is 2. The van der Waals surface area contributed by atoms with Gasteiger partial charge >= 0.3 is 0 Å². The Kier molecular flexibility index (Phi) is 4.29. The topological polar surface area (TPSA) is 68.5 Å². The van der Waals surface area contributed by atoms with Crippen molar-refractivity contribution in [2.24, 2.45) is 0 Å². The molecular weight excluding hydrogens is 379 g/mol. The number of nitrogens with zero attached hydrogens (tertiary/aromatic N) is 5. The van der Waals surface area contributed by atoms with E-state index in [1.807, 2.05) is 19.1 Å². The van der Waals surface area contributed by atoms with Gasteiger partial charge in [0.25, 0.3) is 5.95 Å². The first kappa shape index (κ1) is 16.3. The van der Waals surface area contributed by atoms with Gasteiger partial charge in [-0.1, -0.05) is 29.3 Å². The first-order chi connectivity index (χ1) is 12.1. The number of aryl methyl sites for hydroxylation is 1. The predicted molar refractivity (Wildman–Crippen MR) is 101 cm³/mol. The highest BCUT2D eigenvalue weighted by Crippen LogP contribution is 2.30. The lowest BCUT2D eigenvalue weighted by molar-refractivity contribution is 0.815. The monoisotopic (exact) mass is 390 g/mol. The van der Waals surface area contributed by atoms with Crippen molar-refractivity contribution < 1.29 is 0 Å². The van der Waals surface area contributed by atoms with Gasteiger partial charge in [-0.05, 0) is 30.7 Å². The molecule has 0 aliphatic rings. The molecule has 0 aliphatic carbocycles. The maximum Gasteiger partial charge on any atom is 0.255 e. The Balaban J connectivity index is 1.70. The summed E-state index contributed by atoms with van der Waals surface area (Å²) in [5.74, 6) is 1.22. The zero-order valence-electron chi connectivity index (χ0n) is 13.1. The van der Waals surface area contributed by atoms with E-state index in [2.05, 4.69) is 31.4 Å². The highest BCUT2D eigenvalue weighted by molar-refractivity contribution is 7.18. The van der Waals surface area contributed by atoms with E-state index in [4.69, 9.17) is 23.2 Å². The van der Waals surface area contributed by atoms with Crippen molar-refractivity contribution in [1.82, 2.24) is 24.7 Å². The van der Waals surface area contributed by atoms with Crippen LogP contribution in [0.1, 0.15) is 10.4 Å². The molecule has 126 valence electrons. The Morgan fingerprint density at radius 1 is 1.16 bits per heavy atom. The zero-order chi connectivity index (χ0) is 17.4. The van der Waals surface area contributed by atoms with E-state index >= 15 is 0 Å². The maximum atomic E-state index is 6.08. The molecule has 0 amide bonds. The smallest absolute Gasteiger partial charge is 0.255 e. The highest BCUT2D eigenvalue weighted by Gasteiger charge is 2.12. The SMILES string of the molecule is Cc1cc2c(NCc3ccc(Cl)c(Cl)c3)nc(-n3cncn3)nc2s1. The Morgan fingerprint density at radius 3 is 2.80 bits per heavy atom. The number of aromatic nitrogens is 5. The van der Waals surface area contributed by atoms with Crippen LogP contribution in [0, 0.1) is 6.92 Å². The molecule has 1 aromatic carbocycles. The number of fused-ring (bicyclic) bond motifs is 1. The van der Waals surface area contributed by atoms with Gasteiger partial charge in [-0.15, -0.1) is 11.3 Å². The zero-order valence-corrected chi connectivity index (χ0v) is 15.4. The van der Waals surface area contributed by atoms with E-state index in [0.717, 1.165) is 26.5 Å². The molecule has 0 saturated heterocycles. The molecule has 25 heavy (non-hydrogen) atoms. The van der Waals surface area contributed by atoms with Crippen LogP contribution < -0.4 is 5.32 Å². The second-order valence-electron chi connectivity index (χ2n) is 5.39. The second-order valence-corrected chi connectivity index (χ2v) is 7.44. The predicted octanol–water partition coefficient (Wildman–Crippen LogP) is 4.50. The minimum absolute atomic E-state index is 0.475. The lowest BCUT2D eigenvalue weighted by Gasteiger charge is -2.09. The Bertz CT molecular complexity index is 1040. The summed E-state index contributed by atoms with van der Waals surface area (Å²) in [5.41, 5.74) is 1.01. The number of nitrogens with one attached hydrogen (secondary N) is 1. The first-order valence-corrected chi connectivity index (χ1v) is 8.98. The van der Waals surface area contributed by atoms with E-state index in [1.165, 1.54) is 6.33 Å². The van der Waals surface area contributed by atoms with Gasteiger partial charge in [0.1, 0.15) is 23.3 Å². The normalized spacial score (nSPS) is 11.2. The van der Waals surface area contributed by atoms with Crippen molar-refractivity contribution in [3.05, 3.63) is 57.4 Å². The number of thiophene rings is 1. The van der Waals surface area contributed by atoms with Crippen LogP contribution in [-0.4, -0.2) is 24.7 Å². The van der Waals surface area contributed by atoms with Crippen LogP contribution in [0.3, 0.4) is 0 Å². The van der Waals surface area contributed by atoms with Gasteiger partial charge in [0, 0.05) is 11.4 Å². The molecular formula is C16H12Cl2N6S. The van der Waals surface area contributed by atoms with E-state index in [0.29, 0.717) is 22.5 Å². The Morgan fingerprint density at radius 2 is 2.04 bits per heavy atom. The quantitative estimate of drug-likeness (QED) is 0.555. The van der Waals surface area contributed by atoms with E-state index in [-0.39, 0.29) is 0 Å². The molecule has 9 heteroatoms. The van der Waals surface area contributed by atoms with Gasteiger partial charge in [-0.3, -0.25) is 0 Å². The number of hydrogen-bond acceptors (Lipinski definition) is 6. The second kappa shape index (κ2) is 6.59. The van der Waals surface area contributed by atoms with Crippen LogP contribution in [0.5, 0.6) is 0 Å². The fourth-order valence-electron chi connectivity index (χ4n) is 2.41. The van der Waals surface area contributed by atoms with Gasteiger partial charge in [0.2, 0.25) is 0 Å². The summed E-state index contributed by atoms with van der Waals surface area (Å²) < 4.78 is 1.54. The number of anilines is 1. The van der Waals surface area contributed by atoms with Crippen LogP contribution in [0.15, 0.2) is 36.9 Å². The minimum Gasteiger partial charge on any atom is -0.365 e. The van der Waals surface area contributed by atoms with Crippen molar-refractivity contribution in [2.75, 3.05) is 5.32 Å². The summed E-state index contributed by atoms with van der Waals surface area (Å²) in [5, 5.41) is 9.51. The van der Waals surface area contributed by atoms with E-state index in [9.17, 15) is 0 Å². The first-order valence-electron chi connectivity index (χ1n) is 7.41. The molecule has 0 bridgehead atoms. The van der Waals surface area contributed by atoms with Crippen molar-refractivity contribution >= 4 is 50.6 Å². The molecule has 4 aromatic rings. The molecule has 6 nitrogen and oxygen atoms in total. The Labute approximate surface area is 157 Å². The summed E-state index contributed by atoms with van der Waals surface area (Å²) in [6, 6.07) is 7.62. The molecule has 3 heterocycles. The van der Waals surface area contributed by atoms with Crippen LogP contribution in [-0.2, 0) is 6.54 Å². The lowest BCUT2D eigenvalue weighted by atomic mass is 10.2. The van der Waals surface area contributed by atoms with E-state index < -0.39 is 0 Å². The molecule has 0 saturated carbocycles. The fourth-order valence-corrected chi connectivity index (χ4v) is 3.61. The lowest BCUT2D eigenvalue weighted by Crippen LogP contribution is -2.07. The largest absolute Gasteiger partial charge is 0.365 e. The van der Waals surface area contributed by atoms with Gasteiger partial charge in [-0.2, -0.15) is 19.7 Å². The number of benzene rings is 1. The molecule has 0 aliphatic heterocycles. The summed E-state index contributed by atoms with van der Waals surface area (Å²) in [7, 11) is 0. The molecule has 0 atom stereocenters. The average molecular weight is 391 g/mol. The highest BCUT2D eigenvalue weighted by atomic mass is 35.5. The summed E-state index contributed by atoms with van der Waals surface area (Å²) in [6.45, 7) is 2.61. The van der Waals surface area contributed by atoms with Crippen molar-refractivity contribution in [3.8, 4) is 5.95 Å². The maximum absolute atomic E-state index is 6.08. The molecule has 0 fully saturated rings. The number of rotatable bonds is 4. The van der Waals surface area contributed by atoms with Crippen LogP contribution in [0.4, 0.5) is 5.82 Å². The van der Waals surface area contributed by atoms with Gasteiger partial charge in [-0.25, -0.2) is 4.98 Å². The van der Waals surface area contributed by atoms with E-state index in [1.54, 1.807) is 28.4 Å². The standard InChI is InChI=1S/C16H12Cl2N6S/c1-9-4-11-14(20-6-10-2-3-12(17)13(18)5-10)22-16(23-15(11)25-9)24-8-19-7-21-24/h2-5,7-8H,6H2,1H3,(H,20,22,23). The average Bonchev–Trinajstić information content (AvgIpc) is 3.24. The van der Waals surface area contributed by atoms with Crippen LogP contribution in [0.25, 0.3) is 16.2 Å². The summed E-state index contributed by atoms with van der Waals surface area (Å²) in [6.07, 6.45) is 3.03. The summed E-state index contributed by atoms with van der Waals surface area (Å²) in [4.78, 5) is 15.2. The minimum atomic E-state index is 0.475. The van der Waals surface area contributed by atoms with Crippen LogP contribution in [0.2, 0.25) is 10.0 Å². The Hall–Kier alpha value is -2.22. The van der Waals surface area contributed by atoms with Crippen molar-refractivity contribution in [3.63, 3.8) is 0 Å².